The average molecular weight is 331 g/mol. The molecule has 2 rings (SSSR count). The van der Waals surface area contributed by atoms with E-state index in [0.29, 0.717) is 6.67 Å². The SMILES string of the molecule is C=C1N=CN([C@@H]2O[C@H](CO)C(O)C2SS)CNC=NC1=N. The summed E-state index contributed by atoms with van der Waals surface area (Å²) in [6, 6.07) is 0. The number of nitrogens with zero attached hydrogens (tertiary/aromatic N) is 3. The summed E-state index contributed by atoms with van der Waals surface area (Å²) in [5, 5.41) is 29.5. The van der Waals surface area contributed by atoms with Gasteiger partial charge < -0.3 is 25.2 Å². The highest BCUT2D eigenvalue weighted by Gasteiger charge is 2.45. The Bertz CT molecular complexity index is 473. The van der Waals surface area contributed by atoms with Gasteiger partial charge in [-0.3, -0.25) is 5.41 Å². The molecule has 1 saturated heterocycles. The first kappa shape index (κ1) is 16.3. The maximum absolute atomic E-state index is 10.1. The topological polar surface area (TPSA) is 114 Å². The minimum atomic E-state index is -0.835. The van der Waals surface area contributed by atoms with E-state index in [2.05, 4.69) is 33.5 Å². The summed E-state index contributed by atoms with van der Waals surface area (Å²) in [4.78, 5) is 9.59. The fourth-order valence-electron chi connectivity index (χ4n) is 1.98. The Hall–Kier alpha value is -1.07. The molecule has 0 aromatic heterocycles. The Morgan fingerprint density at radius 1 is 1.62 bits per heavy atom. The quantitative estimate of drug-likeness (QED) is 0.349. The standard InChI is InChI=1S/C11H17N5O3S2/c1-6-10(12)14-3-13-4-16(5-15-6)11-9(21-20)8(18)7(2-17)19-11/h3,5,7-9,11,17-18,20H,1-2,4H2,(H2,12,13,14)/t7-,8?,9?,11-/m1/s1. The number of hydrogen-bond donors (Lipinski definition) is 5. The maximum Gasteiger partial charge on any atom is 0.171 e. The molecule has 4 atom stereocenters. The molecule has 116 valence electrons. The lowest BCUT2D eigenvalue weighted by molar-refractivity contribution is -0.0568. The van der Waals surface area contributed by atoms with Gasteiger partial charge >= 0.3 is 0 Å². The zero-order valence-corrected chi connectivity index (χ0v) is 12.8. The molecule has 21 heavy (non-hydrogen) atoms. The van der Waals surface area contributed by atoms with Gasteiger partial charge in [-0.15, -0.1) is 11.7 Å². The first-order chi connectivity index (χ1) is 10.1. The van der Waals surface area contributed by atoms with Crippen LogP contribution in [0.2, 0.25) is 0 Å². The van der Waals surface area contributed by atoms with Crippen molar-refractivity contribution in [2.75, 3.05) is 13.3 Å². The number of ether oxygens (including phenoxy) is 1. The molecular formula is C11H17N5O3S2. The molecule has 2 aliphatic rings. The number of aliphatic hydroxyl groups excluding tert-OH is 2. The highest BCUT2D eigenvalue weighted by atomic mass is 33.1. The molecular weight excluding hydrogens is 314 g/mol. The Labute approximate surface area is 131 Å². The smallest absolute Gasteiger partial charge is 0.171 e. The van der Waals surface area contributed by atoms with Gasteiger partial charge in [-0.25, -0.2) is 9.98 Å². The van der Waals surface area contributed by atoms with E-state index in [4.69, 9.17) is 10.1 Å². The normalized spacial score (nSPS) is 33.6. The highest BCUT2D eigenvalue weighted by molar-refractivity contribution is 8.68. The van der Waals surface area contributed by atoms with Crippen molar-refractivity contribution >= 4 is 41.0 Å². The van der Waals surface area contributed by atoms with Crippen LogP contribution >= 0.6 is 22.5 Å². The number of thiol groups is 1. The fourth-order valence-corrected chi connectivity index (χ4v) is 3.29. The fraction of sp³-hybridized carbons (Fsp3) is 0.545. The maximum atomic E-state index is 10.1. The molecule has 0 radical (unpaired) electrons. The lowest BCUT2D eigenvalue weighted by Gasteiger charge is -2.29. The zero-order valence-electron chi connectivity index (χ0n) is 11.1. The van der Waals surface area contributed by atoms with Gasteiger partial charge in [-0.2, -0.15) is 0 Å². The molecule has 10 heteroatoms. The Kier molecular flexibility index (Phi) is 5.65. The van der Waals surface area contributed by atoms with Crippen molar-refractivity contribution in [1.82, 2.24) is 10.2 Å². The summed E-state index contributed by atoms with van der Waals surface area (Å²) >= 11 is 4.16. The third-order valence-corrected chi connectivity index (χ3v) is 4.62. The number of aliphatic imine (C=N–C) groups is 2. The van der Waals surface area contributed by atoms with Crippen LogP contribution in [-0.2, 0) is 4.74 Å². The molecule has 0 bridgehead atoms. The minimum absolute atomic E-state index is 0.0404. The predicted octanol–water partition coefficient (Wildman–Crippen LogP) is -0.579. The Morgan fingerprint density at radius 3 is 3.05 bits per heavy atom. The van der Waals surface area contributed by atoms with E-state index < -0.39 is 18.4 Å². The summed E-state index contributed by atoms with van der Waals surface area (Å²) in [6.45, 7) is 3.68. The second kappa shape index (κ2) is 7.27. The van der Waals surface area contributed by atoms with Crippen molar-refractivity contribution < 1.29 is 14.9 Å². The van der Waals surface area contributed by atoms with Gasteiger partial charge in [-0.1, -0.05) is 17.4 Å². The number of rotatable bonds is 3. The molecule has 0 aromatic rings. The van der Waals surface area contributed by atoms with Crippen LogP contribution in [0.25, 0.3) is 0 Å². The summed E-state index contributed by atoms with van der Waals surface area (Å²) in [6.07, 6.45) is 0.832. The molecule has 0 aliphatic carbocycles. The minimum Gasteiger partial charge on any atom is -0.394 e. The van der Waals surface area contributed by atoms with Crippen LogP contribution < -0.4 is 5.32 Å². The summed E-state index contributed by atoms with van der Waals surface area (Å²) < 4.78 is 5.66. The van der Waals surface area contributed by atoms with Gasteiger partial charge in [0.2, 0.25) is 0 Å². The Balaban J connectivity index is 2.19. The second-order valence-corrected chi connectivity index (χ2v) is 5.87. The van der Waals surface area contributed by atoms with Gasteiger partial charge in [0.1, 0.15) is 18.0 Å². The molecule has 2 unspecified atom stereocenters. The van der Waals surface area contributed by atoms with Crippen LogP contribution in [0.5, 0.6) is 0 Å². The van der Waals surface area contributed by atoms with E-state index in [1.54, 1.807) is 4.90 Å². The van der Waals surface area contributed by atoms with Crippen molar-refractivity contribution in [3.05, 3.63) is 12.3 Å². The van der Waals surface area contributed by atoms with Crippen LogP contribution in [0.15, 0.2) is 22.3 Å². The first-order valence-electron chi connectivity index (χ1n) is 6.16. The van der Waals surface area contributed by atoms with Crippen molar-refractivity contribution in [2.45, 2.75) is 23.7 Å². The lowest BCUT2D eigenvalue weighted by atomic mass is 10.2. The third-order valence-electron chi connectivity index (χ3n) is 3.14. The van der Waals surface area contributed by atoms with E-state index in [9.17, 15) is 10.2 Å². The van der Waals surface area contributed by atoms with Crippen molar-refractivity contribution in [3.8, 4) is 0 Å². The lowest BCUT2D eigenvalue weighted by Crippen LogP contribution is -2.45. The molecule has 0 amide bonds. The molecule has 0 aromatic carbocycles. The molecule has 0 saturated carbocycles. The van der Waals surface area contributed by atoms with Gasteiger partial charge in [0, 0.05) is 0 Å². The van der Waals surface area contributed by atoms with Gasteiger partial charge in [0.25, 0.3) is 0 Å². The molecule has 2 heterocycles. The molecule has 4 N–H and O–H groups in total. The van der Waals surface area contributed by atoms with Crippen LogP contribution in [0, 0.1) is 5.41 Å². The van der Waals surface area contributed by atoms with E-state index in [-0.39, 0.29) is 23.4 Å². The van der Waals surface area contributed by atoms with Crippen LogP contribution in [0.3, 0.4) is 0 Å². The van der Waals surface area contributed by atoms with E-state index in [0.717, 1.165) is 10.8 Å². The van der Waals surface area contributed by atoms with E-state index in [1.165, 1.54) is 12.7 Å². The molecule has 1 fully saturated rings. The van der Waals surface area contributed by atoms with Crippen molar-refractivity contribution in [1.29, 1.82) is 5.41 Å². The van der Waals surface area contributed by atoms with Gasteiger partial charge in [-0.05, 0) is 0 Å². The van der Waals surface area contributed by atoms with E-state index in [1.807, 2.05) is 0 Å². The monoisotopic (exact) mass is 331 g/mol. The summed E-state index contributed by atoms with van der Waals surface area (Å²) in [5.74, 6) is -0.0404. The number of hydrogen-bond acceptors (Lipinski definition) is 9. The Morgan fingerprint density at radius 2 is 2.38 bits per heavy atom. The van der Waals surface area contributed by atoms with Crippen molar-refractivity contribution in [2.24, 2.45) is 9.98 Å². The van der Waals surface area contributed by atoms with Crippen LogP contribution in [-0.4, -0.2) is 70.6 Å². The second-order valence-electron chi connectivity index (χ2n) is 4.48. The number of amidine groups is 1. The molecule has 2 aliphatic heterocycles. The van der Waals surface area contributed by atoms with E-state index >= 15 is 0 Å². The van der Waals surface area contributed by atoms with Gasteiger partial charge in [0.15, 0.2) is 5.84 Å². The predicted molar refractivity (Wildman–Crippen MR) is 85.8 cm³/mol. The highest BCUT2D eigenvalue weighted by Crippen LogP contribution is 2.34. The first-order valence-corrected chi connectivity index (χ1v) is 8.10. The number of nitrogens with one attached hydrogen (secondary N) is 2. The third kappa shape index (κ3) is 3.58. The molecule has 8 nitrogen and oxygen atoms in total. The summed E-state index contributed by atoms with van der Waals surface area (Å²) in [5.41, 5.74) is 0.215. The summed E-state index contributed by atoms with van der Waals surface area (Å²) in [7, 11) is 1.16. The van der Waals surface area contributed by atoms with Gasteiger partial charge in [0.05, 0.1) is 37.3 Å². The van der Waals surface area contributed by atoms with Crippen LogP contribution in [0.4, 0.5) is 0 Å². The number of aliphatic hydroxyl groups is 2. The van der Waals surface area contributed by atoms with Crippen molar-refractivity contribution in [3.63, 3.8) is 0 Å². The zero-order chi connectivity index (χ0) is 15.4. The van der Waals surface area contributed by atoms with Crippen LogP contribution in [0.1, 0.15) is 0 Å². The molecule has 0 spiro atoms. The average Bonchev–Trinajstić information content (AvgIpc) is 2.83. The largest absolute Gasteiger partial charge is 0.394 e.